The van der Waals surface area contributed by atoms with Crippen LogP contribution in [0.4, 0.5) is 0 Å². The maximum absolute atomic E-state index is 8.80. The number of hydrazone groups is 1. The van der Waals surface area contributed by atoms with E-state index in [1.807, 2.05) is 12.1 Å². The Hall–Kier alpha value is -1.93. The predicted octanol–water partition coefficient (Wildman–Crippen LogP) is 7.62. The van der Waals surface area contributed by atoms with Gasteiger partial charge in [-0.15, -0.1) is 0 Å². The molecule has 0 aliphatic rings. The Bertz CT molecular complexity index is 649. The molecule has 0 aliphatic carbocycles. The first kappa shape index (κ1) is 28.1. The lowest BCUT2D eigenvalue weighted by Crippen LogP contribution is -2.32. The van der Waals surface area contributed by atoms with Gasteiger partial charge in [0.1, 0.15) is 0 Å². The van der Waals surface area contributed by atoms with Crippen molar-refractivity contribution in [2.45, 2.75) is 110 Å². The first-order valence-corrected chi connectivity index (χ1v) is 13.2. The molecule has 0 radical (unpaired) electrons. The number of nitriles is 1. The van der Waals surface area contributed by atoms with Gasteiger partial charge in [0.25, 0.3) is 0 Å². The first-order valence-electron chi connectivity index (χ1n) is 12.8. The zero-order valence-corrected chi connectivity index (χ0v) is 21.0. The lowest BCUT2D eigenvalue weighted by atomic mass is 10.0. The van der Waals surface area contributed by atoms with Crippen molar-refractivity contribution in [1.29, 1.82) is 5.26 Å². The molecule has 0 saturated heterocycles. The Morgan fingerprint density at radius 3 is 1.75 bits per heavy atom. The number of thiocarbonyl (C=S) groups is 1. The third kappa shape index (κ3) is 16.7. The van der Waals surface area contributed by atoms with Gasteiger partial charge in [0, 0.05) is 6.54 Å². The Kier molecular flexibility index (Phi) is 18.4. The minimum Gasteiger partial charge on any atom is -0.361 e. The van der Waals surface area contributed by atoms with Crippen molar-refractivity contribution in [2.24, 2.45) is 5.10 Å². The molecule has 0 aliphatic heterocycles. The average Bonchev–Trinajstić information content (AvgIpc) is 2.81. The second-order valence-electron chi connectivity index (χ2n) is 8.66. The van der Waals surface area contributed by atoms with E-state index in [1.165, 1.54) is 96.3 Å². The van der Waals surface area contributed by atoms with Crippen LogP contribution in [0.1, 0.15) is 121 Å². The Morgan fingerprint density at radius 1 is 0.812 bits per heavy atom. The summed E-state index contributed by atoms with van der Waals surface area (Å²) in [4.78, 5) is 0. The predicted molar refractivity (Wildman–Crippen MR) is 142 cm³/mol. The second kappa shape index (κ2) is 20.9. The van der Waals surface area contributed by atoms with Gasteiger partial charge in [0.15, 0.2) is 5.11 Å². The lowest BCUT2D eigenvalue weighted by molar-refractivity contribution is 0.529. The van der Waals surface area contributed by atoms with Crippen molar-refractivity contribution >= 4 is 23.5 Å². The van der Waals surface area contributed by atoms with Crippen LogP contribution in [0.15, 0.2) is 29.4 Å². The minimum atomic E-state index is 0.552. The van der Waals surface area contributed by atoms with Crippen molar-refractivity contribution in [3.8, 4) is 6.07 Å². The van der Waals surface area contributed by atoms with E-state index in [9.17, 15) is 0 Å². The second-order valence-corrected chi connectivity index (χ2v) is 9.07. The van der Waals surface area contributed by atoms with Crippen LogP contribution in [0.2, 0.25) is 0 Å². The quantitative estimate of drug-likeness (QED) is 0.0972. The number of nitrogens with one attached hydrogen (secondary N) is 2. The van der Waals surface area contributed by atoms with Crippen LogP contribution in [-0.2, 0) is 0 Å². The number of benzene rings is 1. The van der Waals surface area contributed by atoms with Crippen LogP contribution >= 0.6 is 12.2 Å². The molecule has 178 valence electrons. The van der Waals surface area contributed by atoms with Gasteiger partial charge in [-0.05, 0) is 36.3 Å². The van der Waals surface area contributed by atoms with Crippen LogP contribution in [0.25, 0.3) is 0 Å². The monoisotopic (exact) mass is 456 g/mol. The third-order valence-corrected chi connectivity index (χ3v) is 5.97. The summed E-state index contributed by atoms with van der Waals surface area (Å²) >= 11 is 5.24. The van der Waals surface area contributed by atoms with Crippen molar-refractivity contribution in [3.05, 3.63) is 35.4 Å². The highest BCUT2D eigenvalue weighted by molar-refractivity contribution is 7.80. The van der Waals surface area contributed by atoms with Crippen LogP contribution in [0.5, 0.6) is 0 Å². The topological polar surface area (TPSA) is 60.2 Å². The highest BCUT2D eigenvalue weighted by atomic mass is 32.1. The number of hydrogen-bond acceptors (Lipinski definition) is 3. The largest absolute Gasteiger partial charge is 0.361 e. The highest BCUT2D eigenvalue weighted by Gasteiger charge is 1.96. The zero-order chi connectivity index (χ0) is 23.1. The summed E-state index contributed by atoms with van der Waals surface area (Å²) in [5.41, 5.74) is 4.41. The molecule has 1 aromatic carbocycles. The summed E-state index contributed by atoms with van der Waals surface area (Å²) in [7, 11) is 0. The van der Waals surface area contributed by atoms with Crippen LogP contribution in [0.3, 0.4) is 0 Å². The number of nitrogens with zero attached hydrogens (tertiary/aromatic N) is 2. The molecule has 4 nitrogen and oxygen atoms in total. The average molecular weight is 457 g/mol. The van der Waals surface area contributed by atoms with Crippen molar-refractivity contribution in [1.82, 2.24) is 10.7 Å². The Morgan fingerprint density at radius 2 is 1.28 bits per heavy atom. The summed E-state index contributed by atoms with van der Waals surface area (Å²) in [6, 6.07) is 9.36. The molecule has 1 aromatic rings. The van der Waals surface area contributed by atoms with Crippen LogP contribution in [-0.4, -0.2) is 17.9 Å². The van der Waals surface area contributed by atoms with Gasteiger partial charge >= 0.3 is 0 Å². The summed E-state index contributed by atoms with van der Waals surface area (Å²) in [5, 5.41) is 16.7. The molecule has 0 saturated carbocycles. The molecule has 0 bridgehead atoms. The molecular weight excluding hydrogens is 412 g/mol. The van der Waals surface area contributed by atoms with Crippen molar-refractivity contribution in [2.75, 3.05) is 6.54 Å². The van der Waals surface area contributed by atoms with Crippen molar-refractivity contribution in [3.63, 3.8) is 0 Å². The fourth-order valence-electron chi connectivity index (χ4n) is 3.72. The van der Waals surface area contributed by atoms with Crippen LogP contribution < -0.4 is 10.7 Å². The minimum absolute atomic E-state index is 0.552. The van der Waals surface area contributed by atoms with Gasteiger partial charge in [-0.2, -0.15) is 10.4 Å². The zero-order valence-electron chi connectivity index (χ0n) is 20.2. The van der Waals surface area contributed by atoms with Gasteiger partial charge < -0.3 is 5.32 Å². The van der Waals surface area contributed by atoms with Crippen molar-refractivity contribution < 1.29 is 0 Å². The van der Waals surface area contributed by atoms with E-state index in [0.29, 0.717) is 10.7 Å². The summed E-state index contributed by atoms with van der Waals surface area (Å²) in [6.07, 6.45) is 23.8. The first-order chi connectivity index (χ1) is 15.8. The molecule has 0 aromatic heterocycles. The van der Waals surface area contributed by atoms with Gasteiger partial charge in [0.2, 0.25) is 0 Å². The molecule has 0 amide bonds. The maximum Gasteiger partial charge on any atom is 0.186 e. The summed E-state index contributed by atoms with van der Waals surface area (Å²) in [5.74, 6) is 0. The van der Waals surface area contributed by atoms with Gasteiger partial charge in [-0.25, -0.2) is 0 Å². The molecule has 5 heteroatoms. The SMILES string of the molecule is CCCCCCCCCCCCCCCCCCNC(=S)N/N=C\c1ccc(C#N)cc1. The molecule has 32 heavy (non-hydrogen) atoms. The molecule has 0 heterocycles. The normalized spacial score (nSPS) is 10.9. The molecule has 2 N–H and O–H groups in total. The van der Waals surface area contributed by atoms with E-state index < -0.39 is 0 Å². The number of rotatable bonds is 19. The summed E-state index contributed by atoms with van der Waals surface area (Å²) in [6.45, 7) is 3.17. The fourth-order valence-corrected chi connectivity index (χ4v) is 3.88. The number of hydrogen-bond donors (Lipinski definition) is 2. The molecule has 0 fully saturated rings. The van der Waals surface area contributed by atoms with Gasteiger partial charge in [-0.3, -0.25) is 5.43 Å². The molecule has 0 atom stereocenters. The van der Waals surface area contributed by atoms with E-state index in [0.717, 1.165) is 18.5 Å². The van der Waals surface area contributed by atoms with E-state index >= 15 is 0 Å². The van der Waals surface area contributed by atoms with Gasteiger partial charge in [0.05, 0.1) is 17.8 Å². The Labute approximate surface area is 202 Å². The highest BCUT2D eigenvalue weighted by Crippen LogP contribution is 2.13. The molecule has 0 spiro atoms. The lowest BCUT2D eigenvalue weighted by Gasteiger charge is -2.07. The fraction of sp³-hybridized carbons (Fsp3) is 0.667. The van der Waals surface area contributed by atoms with E-state index in [2.05, 4.69) is 28.8 Å². The van der Waals surface area contributed by atoms with Crippen LogP contribution in [0, 0.1) is 11.3 Å². The summed E-state index contributed by atoms with van der Waals surface area (Å²) < 4.78 is 0. The van der Waals surface area contributed by atoms with Gasteiger partial charge in [-0.1, -0.05) is 115 Å². The van der Waals surface area contributed by atoms with E-state index in [4.69, 9.17) is 17.5 Å². The Balaban J connectivity index is 1.83. The number of unbranched alkanes of at least 4 members (excludes halogenated alkanes) is 15. The third-order valence-electron chi connectivity index (χ3n) is 5.74. The van der Waals surface area contributed by atoms with E-state index in [-0.39, 0.29) is 0 Å². The molecule has 1 rings (SSSR count). The standard InChI is InChI=1S/C27H44N4S/c1-2-3-4-5-6-7-8-9-10-11-12-13-14-15-16-17-22-29-27(32)31-30-24-26-20-18-25(23-28)19-21-26/h18-21,24H,2-17,22H2,1H3,(H2,29,31,32)/b30-24-. The molecular formula is C27H44N4S. The smallest absolute Gasteiger partial charge is 0.186 e. The molecule has 0 unspecified atom stereocenters. The van der Waals surface area contributed by atoms with E-state index in [1.54, 1.807) is 18.3 Å². The maximum atomic E-state index is 8.80.